The zero-order valence-electron chi connectivity index (χ0n) is 10.2. The van der Waals surface area contributed by atoms with Crippen LogP contribution < -0.4 is 10.5 Å². The van der Waals surface area contributed by atoms with Gasteiger partial charge in [0.1, 0.15) is 11.4 Å². The van der Waals surface area contributed by atoms with Crippen molar-refractivity contribution in [1.82, 2.24) is 9.78 Å². The van der Waals surface area contributed by atoms with E-state index in [-0.39, 0.29) is 0 Å². The van der Waals surface area contributed by atoms with Crippen LogP contribution >= 0.6 is 0 Å². The van der Waals surface area contributed by atoms with Crippen molar-refractivity contribution in [3.8, 4) is 11.6 Å². The maximum Gasteiger partial charge on any atom is 0.241 e. The third-order valence-corrected chi connectivity index (χ3v) is 2.52. The molecule has 0 radical (unpaired) electrons. The van der Waals surface area contributed by atoms with Gasteiger partial charge in [-0.25, -0.2) is 4.68 Å². The fourth-order valence-electron chi connectivity index (χ4n) is 1.65. The molecule has 0 saturated heterocycles. The molecule has 1 heterocycles. The van der Waals surface area contributed by atoms with Crippen LogP contribution in [-0.4, -0.2) is 9.78 Å². The van der Waals surface area contributed by atoms with E-state index in [0.717, 1.165) is 24.4 Å². The van der Waals surface area contributed by atoms with E-state index in [4.69, 9.17) is 10.5 Å². The van der Waals surface area contributed by atoms with Crippen LogP contribution in [-0.2, 0) is 6.54 Å². The van der Waals surface area contributed by atoms with E-state index in [1.165, 1.54) is 0 Å². The SMILES string of the molecule is CCCn1nc(C)c(N)c1Oc1ccccc1. The van der Waals surface area contributed by atoms with Crippen molar-refractivity contribution in [3.05, 3.63) is 36.0 Å². The molecule has 0 aliphatic rings. The van der Waals surface area contributed by atoms with Gasteiger partial charge in [-0.05, 0) is 25.5 Å². The number of nitrogens with zero attached hydrogens (tertiary/aromatic N) is 2. The molecule has 1 aromatic heterocycles. The fraction of sp³-hybridized carbons (Fsp3) is 0.308. The largest absolute Gasteiger partial charge is 0.437 e. The van der Waals surface area contributed by atoms with Gasteiger partial charge in [0.05, 0.1) is 5.69 Å². The molecule has 0 fully saturated rings. The Morgan fingerprint density at radius 1 is 1.29 bits per heavy atom. The first-order chi connectivity index (χ1) is 8.22. The molecule has 4 heteroatoms. The highest BCUT2D eigenvalue weighted by atomic mass is 16.5. The van der Waals surface area contributed by atoms with Gasteiger partial charge >= 0.3 is 0 Å². The van der Waals surface area contributed by atoms with Gasteiger partial charge in [0.25, 0.3) is 0 Å². The van der Waals surface area contributed by atoms with Gasteiger partial charge in [-0.1, -0.05) is 25.1 Å². The Balaban J connectivity index is 2.31. The monoisotopic (exact) mass is 231 g/mol. The summed E-state index contributed by atoms with van der Waals surface area (Å²) in [5, 5.41) is 4.36. The Bertz CT molecular complexity index is 491. The van der Waals surface area contributed by atoms with Crippen LogP contribution in [0.25, 0.3) is 0 Å². The maximum atomic E-state index is 5.97. The molecule has 0 unspecified atom stereocenters. The number of nitrogen functional groups attached to an aromatic ring is 1. The molecule has 2 N–H and O–H groups in total. The summed E-state index contributed by atoms with van der Waals surface area (Å²) in [5.41, 5.74) is 7.40. The number of benzene rings is 1. The zero-order valence-corrected chi connectivity index (χ0v) is 10.2. The van der Waals surface area contributed by atoms with Crippen molar-refractivity contribution in [1.29, 1.82) is 0 Å². The Hall–Kier alpha value is -1.97. The summed E-state index contributed by atoms with van der Waals surface area (Å²) < 4.78 is 7.61. The molecule has 90 valence electrons. The van der Waals surface area contributed by atoms with Gasteiger partial charge in [0.2, 0.25) is 5.88 Å². The lowest BCUT2D eigenvalue weighted by atomic mass is 10.3. The molecule has 2 rings (SSSR count). The van der Waals surface area contributed by atoms with Gasteiger partial charge < -0.3 is 10.5 Å². The molecular weight excluding hydrogens is 214 g/mol. The molecule has 0 saturated carbocycles. The molecule has 0 bridgehead atoms. The van der Waals surface area contributed by atoms with E-state index in [9.17, 15) is 0 Å². The lowest BCUT2D eigenvalue weighted by Crippen LogP contribution is -2.02. The number of aryl methyl sites for hydroxylation is 2. The van der Waals surface area contributed by atoms with E-state index in [2.05, 4.69) is 12.0 Å². The number of aromatic nitrogens is 2. The van der Waals surface area contributed by atoms with Gasteiger partial charge in [-0.2, -0.15) is 5.10 Å². The minimum atomic E-state index is 0.613. The van der Waals surface area contributed by atoms with E-state index in [1.807, 2.05) is 41.9 Å². The first-order valence-electron chi connectivity index (χ1n) is 5.78. The summed E-state index contributed by atoms with van der Waals surface area (Å²) in [6.07, 6.45) is 0.992. The Morgan fingerprint density at radius 2 is 2.00 bits per heavy atom. The second kappa shape index (κ2) is 4.91. The first-order valence-corrected chi connectivity index (χ1v) is 5.78. The van der Waals surface area contributed by atoms with Crippen LogP contribution in [0.1, 0.15) is 19.0 Å². The molecule has 2 aromatic rings. The number of rotatable bonds is 4. The van der Waals surface area contributed by atoms with Crippen LogP contribution in [0.4, 0.5) is 5.69 Å². The Labute approximate surface area is 101 Å². The van der Waals surface area contributed by atoms with Crippen molar-refractivity contribution in [3.63, 3.8) is 0 Å². The third kappa shape index (κ3) is 2.41. The standard InChI is InChI=1S/C13H17N3O/c1-3-9-16-13(12(14)10(2)15-16)17-11-7-5-4-6-8-11/h4-8H,3,9,14H2,1-2H3. The van der Waals surface area contributed by atoms with E-state index in [0.29, 0.717) is 11.6 Å². The molecular formula is C13H17N3O. The summed E-state index contributed by atoms with van der Waals surface area (Å²) in [6, 6.07) is 9.61. The van der Waals surface area contributed by atoms with Crippen molar-refractivity contribution < 1.29 is 4.74 Å². The lowest BCUT2D eigenvalue weighted by Gasteiger charge is -2.08. The van der Waals surface area contributed by atoms with Crippen molar-refractivity contribution in [2.75, 3.05) is 5.73 Å². The minimum Gasteiger partial charge on any atom is -0.437 e. The number of ether oxygens (including phenoxy) is 1. The van der Waals surface area contributed by atoms with Gasteiger partial charge in [0.15, 0.2) is 0 Å². The minimum absolute atomic E-state index is 0.613. The normalized spacial score (nSPS) is 10.5. The molecule has 0 atom stereocenters. The van der Waals surface area contributed by atoms with Gasteiger partial charge in [-0.3, -0.25) is 0 Å². The third-order valence-electron chi connectivity index (χ3n) is 2.52. The van der Waals surface area contributed by atoms with Crippen LogP contribution in [0.2, 0.25) is 0 Å². The van der Waals surface area contributed by atoms with Crippen LogP contribution in [0.3, 0.4) is 0 Å². The molecule has 0 amide bonds. The van der Waals surface area contributed by atoms with Gasteiger partial charge in [0, 0.05) is 6.54 Å². The number of hydrogen-bond acceptors (Lipinski definition) is 3. The van der Waals surface area contributed by atoms with Crippen LogP contribution in [0.15, 0.2) is 30.3 Å². The highest BCUT2D eigenvalue weighted by molar-refractivity contribution is 5.53. The van der Waals surface area contributed by atoms with Gasteiger partial charge in [-0.15, -0.1) is 0 Å². The van der Waals surface area contributed by atoms with Crippen LogP contribution in [0.5, 0.6) is 11.6 Å². The lowest BCUT2D eigenvalue weighted by molar-refractivity contribution is 0.410. The Kier molecular flexibility index (Phi) is 3.32. The second-order valence-corrected chi connectivity index (χ2v) is 3.94. The molecule has 4 nitrogen and oxygen atoms in total. The number of nitrogens with two attached hydrogens (primary N) is 1. The second-order valence-electron chi connectivity index (χ2n) is 3.94. The summed E-state index contributed by atoms with van der Waals surface area (Å²) in [5.74, 6) is 1.41. The van der Waals surface area contributed by atoms with E-state index in [1.54, 1.807) is 0 Å². The average Bonchev–Trinajstić information content (AvgIpc) is 2.59. The zero-order chi connectivity index (χ0) is 12.3. The highest BCUT2D eigenvalue weighted by Crippen LogP contribution is 2.29. The summed E-state index contributed by atoms with van der Waals surface area (Å²) in [4.78, 5) is 0. The first kappa shape index (κ1) is 11.5. The van der Waals surface area contributed by atoms with Crippen molar-refractivity contribution in [2.24, 2.45) is 0 Å². The molecule has 0 aliphatic carbocycles. The van der Waals surface area contributed by atoms with Crippen molar-refractivity contribution >= 4 is 5.69 Å². The molecule has 1 aromatic carbocycles. The highest BCUT2D eigenvalue weighted by Gasteiger charge is 2.13. The number of hydrogen-bond donors (Lipinski definition) is 1. The molecule has 17 heavy (non-hydrogen) atoms. The molecule has 0 spiro atoms. The summed E-state index contributed by atoms with van der Waals surface area (Å²) in [7, 11) is 0. The summed E-state index contributed by atoms with van der Waals surface area (Å²) >= 11 is 0. The fourth-order valence-corrected chi connectivity index (χ4v) is 1.65. The predicted octanol–water partition coefficient (Wildman–Crippen LogP) is 2.98. The quantitative estimate of drug-likeness (QED) is 0.880. The topological polar surface area (TPSA) is 53.1 Å². The number of anilines is 1. The van der Waals surface area contributed by atoms with Crippen molar-refractivity contribution in [2.45, 2.75) is 26.8 Å². The smallest absolute Gasteiger partial charge is 0.241 e. The van der Waals surface area contributed by atoms with E-state index < -0.39 is 0 Å². The Morgan fingerprint density at radius 3 is 2.65 bits per heavy atom. The van der Waals surface area contributed by atoms with E-state index >= 15 is 0 Å². The molecule has 0 aliphatic heterocycles. The number of para-hydroxylation sites is 1. The van der Waals surface area contributed by atoms with Crippen LogP contribution in [0, 0.1) is 6.92 Å². The summed E-state index contributed by atoms with van der Waals surface area (Å²) in [6.45, 7) is 4.79. The average molecular weight is 231 g/mol. The predicted molar refractivity (Wildman–Crippen MR) is 68.2 cm³/mol. The maximum absolute atomic E-state index is 5.97.